The van der Waals surface area contributed by atoms with Gasteiger partial charge in [-0.05, 0) is 96.2 Å². The van der Waals surface area contributed by atoms with Crippen LogP contribution in [0.2, 0.25) is 0 Å². The number of aryl methyl sites for hydroxylation is 2. The number of hydrogen-bond acceptors (Lipinski definition) is 6. The first-order valence-corrected chi connectivity index (χ1v) is 18.3. The molecule has 0 amide bonds. The summed E-state index contributed by atoms with van der Waals surface area (Å²) in [7, 11) is 0. The molecule has 4 rings (SSSR count). The molecule has 0 aliphatic rings. The summed E-state index contributed by atoms with van der Waals surface area (Å²) in [6.45, 7) is 0.362. The molecule has 0 unspecified atom stereocenters. The van der Waals surface area contributed by atoms with Crippen molar-refractivity contribution in [3.63, 3.8) is 0 Å². The van der Waals surface area contributed by atoms with Gasteiger partial charge >= 0.3 is 11.9 Å². The van der Waals surface area contributed by atoms with Crippen LogP contribution in [0.3, 0.4) is 0 Å². The van der Waals surface area contributed by atoms with Crippen LogP contribution in [0.25, 0.3) is 22.3 Å². The van der Waals surface area contributed by atoms with E-state index in [0.29, 0.717) is 24.0 Å². The van der Waals surface area contributed by atoms with Crippen molar-refractivity contribution in [2.24, 2.45) is 5.41 Å². The van der Waals surface area contributed by atoms with E-state index in [-0.39, 0.29) is 26.1 Å². The third-order valence-electron chi connectivity index (χ3n) is 9.38. The van der Waals surface area contributed by atoms with E-state index in [1.54, 1.807) is 0 Å². The normalized spacial score (nSPS) is 10.6. The zero-order valence-corrected chi connectivity index (χ0v) is 30.3. The van der Waals surface area contributed by atoms with Crippen LogP contribution in [-0.4, -0.2) is 25.2 Å². The highest BCUT2D eigenvalue weighted by Gasteiger charge is 2.48. The molecular weight excluding hydrogens is 657 g/mol. The Morgan fingerprint density at radius 3 is 1.13 bits per heavy atom. The second kappa shape index (κ2) is 21.3. The van der Waals surface area contributed by atoms with Crippen molar-refractivity contribution >= 4 is 11.9 Å². The highest BCUT2D eigenvalue weighted by molar-refractivity contribution is 6.00. The Hall–Kier alpha value is -6.08. The number of hydrogen-bond donors (Lipinski definition) is 0. The molecule has 0 heterocycles. The predicted octanol–water partition coefficient (Wildman–Crippen LogP) is 9.79. The summed E-state index contributed by atoms with van der Waals surface area (Å²) >= 11 is 0. The van der Waals surface area contributed by atoms with Gasteiger partial charge in [-0.15, -0.1) is 24.7 Å². The van der Waals surface area contributed by atoms with Crippen LogP contribution in [0.1, 0.15) is 86.5 Å². The minimum Gasteiger partial charge on any atom is -0.465 e. The van der Waals surface area contributed by atoms with E-state index in [2.05, 4.69) is 72.5 Å². The molecule has 268 valence electrons. The lowest BCUT2D eigenvalue weighted by atomic mass is 9.81. The molecule has 0 aliphatic heterocycles. The standard InChI is InChI=1S/C47H46N2O4/c1-3-31-47(32-4-2,45(50)52-33-11-7-5-9-13-37-15-23-41(24-16-37)43-27-19-39(35-48)20-28-43)46(51)53-34-12-8-6-10-14-38-17-25-42(26-18-38)44-29-21-40(36-49)22-30-44/h1-2,15-30H,5-14,31-34H2. The lowest BCUT2D eigenvalue weighted by Crippen LogP contribution is -2.42. The minimum absolute atomic E-state index is 0.178. The van der Waals surface area contributed by atoms with E-state index >= 15 is 0 Å². The SMILES string of the molecule is C#CCC(CC#C)(C(=O)OCCCCCCc1ccc(-c2ccc(C#N)cc2)cc1)C(=O)OCCCCCCc1ccc(-c2ccc(C#N)cc2)cc1. The Balaban J connectivity index is 1.11. The van der Waals surface area contributed by atoms with E-state index in [0.717, 1.165) is 73.6 Å². The Morgan fingerprint density at radius 2 is 0.811 bits per heavy atom. The summed E-state index contributed by atoms with van der Waals surface area (Å²) < 4.78 is 11.1. The molecule has 0 atom stereocenters. The van der Waals surface area contributed by atoms with E-state index in [1.165, 1.54) is 11.1 Å². The molecule has 0 N–H and O–H groups in total. The number of terminal acetylenes is 2. The average molecular weight is 703 g/mol. The lowest BCUT2D eigenvalue weighted by Gasteiger charge is -2.26. The van der Waals surface area contributed by atoms with Crippen molar-refractivity contribution in [1.29, 1.82) is 10.5 Å². The molecule has 0 spiro atoms. The van der Waals surface area contributed by atoms with Crippen LogP contribution in [0.15, 0.2) is 97.1 Å². The van der Waals surface area contributed by atoms with Crippen molar-refractivity contribution < 1.29 is 19.1 Å². The molecule has 0 aliphatic carbocycles. The number of nitrogens with zero attached hydrogens (tertiary/aromatic N) is 2. The molecule has 0 aromatic heterocycles. The van der Waals surface area contributed by atoms with Gasteiger partial charge in [-0.2, -0.15) is 10.5 Å². The molecule has 4 aromatic carbocycles. The first-order chi connectivity index (χ1) is 25.9. The second-order valence-electron chi connectivity index (χ2n) is 13.2. The zero-order valence-electron chi connectivity index (χ0n) is 30.3. The minimum atomic E-state index is -1.70. The van der Waals surface area contributed by atoms with Crippen LogP contribution in [0.5, 0.6) is 0 Å². The quantitative estimate of drug-likeness (QED) is 0.0394. The number of ether oxygens (including phenoxy) is 2. The zero-order chi connectivity index (χ0) is 37.7. The number of carbonyl (C=O) groups is 2. The molecule has 0 fully saturated rings. The molecule has 0 saturated heterocycles. The van der Waals surface area contributed by atoms with Gasteiger partial charge in [0, 0.05) is 12.8 Å². The smallest absolute Gasteiger partial charge is 0.325 e. The first-order valence-electron chi connectivity index (χ1n) is 18.3. The molecule has 6 heteroatoms. The summed E-state index contributed by atoms with van der Waals surface area (Å²) in [5.74, 6) is 3.44. The van der Waals surface area contributed by atoms with Gasteiger partial charge in [0.2, 0.25) is 0 Å². The van der Waals surface area contributed by atoms with Gasteiger partial charge < -0.3 is 9.47 Å². The fourth-order valence-corrected chi connectivity index (χ4v) is 6.16. The van der Waals surface area contributed by atoms with Gasteiger partial charge in [-0.25, -0.2) is 0 Å². The number of carbonyl (C=O) groups excluding carboxylic acids is 2. The summed E-state index contributed by atoms with van der Waals surface area (Å²) in [5.41, 5.74) is 6.49. The third kappa shape index (κ3) is 12.0. The third-order valence-corrected chi connectivity index (χ3v) is 9.38. The van der Waals surface area contributed by atoms with Crippen molar-refractivity contribution in [1.82, 2.24) is 0 Å². The summed E-state index contributed by atoms with van der Waals surface area (Å²) in [6, 6.07) is 36.3. The van der Waals surface area contributed by atoms with Gasteiger partial charge in [0.05, 0.1) is 36.5 Å². The van der Waals surface area contributed by atoms with E-state index in [1.807, 2.05) is 48.5 Å². The largest absolute Gasteiger partial charge is 0.465 e. The topological polar surface area (TPSA) is 100 Å². The summed E-state index contributed by atoms with van der Waals surface area (Å²) in [6.07, 6.45) is 19.7. The number of rotatable bonds is 20. The summed E-state index contributed by atoms with van der Waals surface area (Å²) in [5, 5.41) is 18.0. The molecule has 0 bridgehead atoms. The number of unbranched alkanes of at least 4 members (excludes halogenated alkanes) is 6. The van der Waals surface area contributed by atoms with Gasteiger partial charge in [-0.3, -0.25) is 9.59 Å². The number of benzene rings is 4. The highest BCUT2D eigenvalue weighted by atomic mass is 16.6. The number of esters is 2. The first kappa shape index (κ1) is 39.7. The molecule has 4 aromatic rings. The van der Waals surface area contributed by atoms with Gasteiger partial charge in [-0.1, -0.05) is 98.5 Å². The van der Waals surface area contributed by atoms with Crippen LogP contribution >= 0.6 is 0 Å². The second-order valence-corrected chi connectivity index (χ2v) is 13.2. The predicted molar refractivity (Wildman–Crippen MR) is 209 cm³/mol. The maximum atomic E-state index is 13.2. The van der Waals surface area contributed by atoms with Crippen molar-refractivity contribution in [2.45, 2.75) is 77.0 Å². The van der Waals surface area contributed by atoms with Crippen molar-refractivity contribution in [2.75, 3.05) is 13.2 Å². The van der Waals surface area contributed by atoms with Crippen molar-refractivity contribution in [3.05, 3.63) is 119 Å². The summed E-state index contributed by atoms with van der Waals surface area (Å²) in [4.78, 5) is 26.4. The van der Waals surface area contributed by atoms with Crippen LogP contribution in [0.4, 0.5) is 0 Å². The van der Waals surface area contributed by atoms with E-state index < -0.39 is 17.4 Å². The number of nitriles is 2. The van der Waals surface area contributed by atoms with Crippen molar-refractivity contribution in [3.8, 4) is 59.1 Å². The van der Waals surface area contributed by atoms with Gasteiger partial charge in [0.15, 0.2) is 5.41 Å². The van der Waals surface area contributed by atoms with Gasteiger partial charge in [0.1, 0.15) is 0 Å². The van der Waals surface area contributed by atoms with E-state index in [9.17, 15) is 9.59 Å². The molecule has 53 heavy (non-hydrogen) atoms. The average Bonchev–Trinajstić information content (AvgIpc) is 3.20. The molecular formula is C47H46N2O4. The fraction of sp³-hybridized carbons (Fsp3) is 0.319. The Morgan fingerprint density at radius 1 is 0.491 bits per heavy atom. The Labute approximate surface area is 314 Å². The fourth-order valence-electron chi connectivity index (χ4n) is 6.16. The highest BCUT2D eigenvalue weighted by Crippen LogP contribution is 2.31. The monoisotopic (exact) mass is 702 g/mol. The van der Waals surface area contributed by atoms with Gasteiger partial charge in [0.25, 0.3) is 0 Å². The maximum absolute atomic E-state index is 13.2. The lowest BCUT2D eigenvalue weighted by molar-refractivity contribution is -0.172. The van der Waals surface area contributed by atoms with E-state index in [4.69, 9.17) is 32.8 Å². The molecule has 6 nitrogen and oxygen atoms in total. The maximum Gasteiger partial charge on any atom is 0.325 e. The Kier molecular flexibility index (Phi) is 16.0. The van der Waals surface area contributed by atoms with Crippen LogP contribution in [-0.2, 0) is 31.9 Å². The van der Waals surface area contributed by atoms with Crippen LogP contribution < -0.4 is 0 Å². The Bertz CT molecular complexity index is 1790. The van der Waals surface area contributed by atoms with Crippen LogP contribution in [0, 0.1) is 52.8 Å². The molecule has 0 saturated carbocycles. The molecule has 0 radical (unpaired) electrons.